The predicted octanol–water partition coefficient (Wildman–Crippen LogP) is 7.47. The van der Waals surface area contributed by atoms with Gasteiger partial charge in [-0.2, -0.15) is 0 Å². The monoisotopic (exact) mass is 618 g/mol. The quantitative estimate of drug-likeness (QED) is 0.205. The van der Waals surface area contributed by atoms with Gasteiger partial charge in [-0.15, -0.1) is 0 Å². The largest absolute Gasteiger partial charge is 0.488 e. The van der Waals surface area contributed by atoms with Crippen LogP contribution < -0.4 is 9.47 Å². The zero-order valence-corrected chi connectivity index (χ0v) is 27.5. The minimum absolute atomic E-state index is 0.0366. The van der Waals surface area contributed by atoms with Gasteiger partial charge < -0.3 is 28.6 Å². The van der Waals surface area contributed by atoms with E-state index >= 15 is 0 Å². The van der Waals surface area contributed by atoms with Crippen LogP contribution in [0.1, 0.15) is 68.6 Å². The van der Waals surface area contributed by atoms with Gasteiger partial charge in [0.2, 0.25) is 5.79 Å². The van der Waals surface area contributed by atoms with Crippen molar-refractivity contribution in [2.75, 3.05) is 13.1 Å². The Morgan fingerprint density at radius 2 is 1.84 bits per heavy atom. The molecule has 234 valence electrons. The Balaban J connectivity index is 1.31. The number of amides is 1. The lowest BCUT2D eigenvalue weighted by Crippen LogP contribution is -2.46. The number of ether oxygens (including phenoxy) is 3. The number of aromatic nitrogens is 1. The number of carbonyl (C=O) groups excluding carboxylic acids is 1. The first-order chi connectivity index (χ1) is 20.6. The van der Waals surface area contributed by atoms with Gasteiger partial charge in [-0.05, 0) is 83.6 Å². The van der Waals surface area contributed by atoms with Gasteiger partial charge in [0.05, 0.1) is 19.2 Å². The Labute approximate surface area is 260 Å². The number of cyclic esters (lactones) is 1. The molecule has 1 N–H and O–H groups in total. The van der Waals surface area contributed by atoms with E-state index in [-0.39, 0.29) is 24.2 Å². The van der Waals surface area contributed by atoms with Crippen molar-refractivity contribution in [3.05, 3.63) is 77.6 Å². The summed E-state index contributed by atoms with van der Waals surface area (Å²) in [4.78, 5) is 30.5. The molecule has 2 aliphatic rings. The van der Waals surface area contributed by atoms with Crippen molar-refractivity contribution < 1.29 is 33.3 Å². The Morgan fingerprint density at radius 1 is 1.11 bits per heavy atom. The molecule has 5 rings (SSSR count). The second-order valence-corrected chi connectivity index (χ2v) is 18.3. The van der Waals surface area contributed by atoms with Gasteiger partial charge in [-0.1, -0.05) is 39.0 Å². The molecular formula is C34H42N2O7Si. The number of carbonyl (C=O) groups is 2. The molecule has 1 amide bonds. The van der Waals surface area contributed by atoms with E-state index in [1.165, 1.54) is 4.90 Å². The van der Waals surface area contributed by atoms with Crippen molar-refractivity contribution in [1.82, 2.24) is 9.88 Å². The van der Waals surface area contributed by atoms with Crippen LogP contribution in [0.15, 0.2) is 60.9 Å². The highest BCUT2D eigenvalue weighted by molar-refractivity contribution is 6.74. The van der Waals surface area contributed by atoms with Crippen LogP contribution in [0.4, 0.5) is 4.79 Å². The number of pyridine rings is 1. The number of hydrogen-bond donors (Lipinski definition) is 1. The zero-order valence-electron chi connectivity index (χ0n) is 26.5. The topological polar surface area (TPSA) is 107 Å². The van der Waals surface area contributed by atoms with E-state index in [1.807, 2.05) is 36.4 Å². The number of aryl methyl sites for hydroxylation is 1. The van der Waals surface area contributed by atoms with Crippen molar-refractivity contribution in [2.45, 2.75) is 83.6 Å². The average molecular weight is 619 g/mol. The maximum absolute atomic E-state index is 12.5. The molecule has 0 spiro atoms. The number of hydrogen-bond acceptors (Lipinski definition) is 7. The summed E-state index contributed by atoms with van der Waals surface area (Å²) >= 11 is 0. The predicted molar refractivity (Wildman–Crippen MR) is 170 cm³/mol. The molecule has 0 saturated heterocycles. The average Bonchev–Trinajstić information content (AvgIpc) is 2.95. The molecule has 1 aromatic heterocycles. The third-order valence-electron chi connectivity index (χ3n) is 8.70. The number of fused-ring (bicyclic) bond motifs is 2. The molecule has 9 nitrogen and oxygen atoms in total. The normalized spacial score (nSPS) is 18.2. The standard InChI is InChI=1S/C34H42N2O7Si/c1-33(2,3)44(6,7)43-30(25-9-8-16-35-19-25)21-36(32(38)39)20-26-13-10-24-17-22(12-15-28(24)40-26)23-11-14-27-29(18-23)41-34(4,5)42-31(27)37/h8-9,11-12,14-19,26,30H,10,13,20-21H2,1-7H3,(H,38,39)/t26-,30?/m0/s1. The van der Waals surface area contributed by atoms with Crippen molar-refractivity contribution >= 4 is 20.4 Å². The summed E-state index contributed by atoms with van der Waals surface area (Å²) in [6, 6.07) is 15.2. The lowest BCUT2D eigenvalue weighted by molar-refractivity contribution is -0.127. The van der Waals surface area contributed by atoms with E-state index in [0.717, 1.165) is 34.4 Å². The second kappa shape index (κ2) is 11.9. The van der Waals surface area contributed by atoms with E-state index in [4.69, 9.17) is 18.6 Å². The number of esters is 1. The highest BCUT2D eigenvalue weighted by Crippen LogP contribution is 2.40. The molecule has 0 saturated carbocycles. The SMILES string of the molecule is CC1(C)OC(=O)c2ccc(-c3ccc4c(c3)CC[C@@H](CN(CC(O[Si](C)(C)C(C)(C)C)c3cccnc3)C(=O)O)O4)cc2O1. The Bertz CT molecular complexity index is 1530. The summed E-state index contributed by atoms with van der Waals surface area (Å²) in [5.74, 6) is -0.189. The zero-order chi connectivity index (χ0) is 31.9. The van der Waals surface area contributed by atoms with Crippen LogP contribution in [0.2, 0.25) is 18.1 Å². The van der Waals surface area contributed by atoms with Gasteiger partial charge in [0.1, 0.15) is 23.2 Å². The molecule has 1 unspecified atom stereocenters. The summed E-state index contributed by atoms with van der Waals surface area (Å²) in [6.45, 7) is 14.7. The summed E-state index contributed by atoms with van der Waals surface area (Å²) in [6.07, 6.45) is 3.14. The summed E-state index contributed by atoms with van der Waals surface area (Å²) in [5, 5.41) is 10.2. The van der Waals surface area contributed by atoms with Crippen molar-refractivity contribution in [3.8, 4) is 22.6 Å². The molecule has 2 aliphatic heterocycles. The first-order valence-corrected chi connectivity index (χ1v) is 17.9. The van der Waals surface area contributed by atoms with Gasteiger partial charge in [-0.25, -0.2) is 9.59 Å². The first kappa shape index (κ1) is 31.5. The van der Waals surface area contributed by atoms with E-state index in [2.05, 4.69) is 44.9 Å². The number of benzene rings is 2. The Morgan fingerprint density at radius 3 is 2.52 bits per heavy atom. The summed E-state index contributed by atoms with van der Waals surface area (Å²) in [5.41, 5.74) is 4.20. The van der Waals surface area contributed by atoms with Crippen LogP contribution in [-0.2, 0) is 15.6 Å². The summed E-state index contributed by atoms with van der Waals surface area (Å²) < 4.78 is 24.3. The molecule has 3 heterocycles. The minimum Gasteiger partial charge on any atom is -0.488 e. The van der Waals surface area contributed by atoms with E-state index in [1.54, 1.807) is 32.3 Å². The third kappa shape index (κ3) is 6.92. The summed E-state index contributed by atoms with van der Waals surface area (Å²) in [7, 11) is -2.21. The lowest BCUT2D eigenvalue weighted by atomic mass is 9.96. The fraction of sp³-hybridized carbons (Fsp3) is 0.441. The van der Waals surface area contributed by atoms with Gasteiger partial charge in [0.15, 0.2) is 8.32 Å². The molecule has 2 aromatic carbocycles. The van der Waals surface area contributed by atoms with Gasteiger partial charge in [0.25, 0.3) is 0 Å². The van der Waals surface area contributed by atoms with Gasteiger partial charge >= 0.3 is 12.1 Å². The van der Waals surface area contributed by atoms with Crippen molar-refractivity contribution in [2.24, 2.45) is 0 Å². The second-order valence-electron chi connectivity index (χ2n) is 13.5. The highest BCUT2D eigenvalue weighted by atomic mass is 28.4. The molecule has 3 aromatic rings. The van der Waals surface area contributed by atoms with Crippen LogP contribution >= 0.6 is 0 Å². The number of rotatable bonds is 8. The number of nitrogens with zero attached hydrogens (tertiary/aromatic N) is 2. The van der Waals surface area contributed by atoms with Crippen molar-refractivity contribution in [1.29, 1.82) is 0 Å². The van der Waals surface area contributed by atoms with Crippen LogP contribution in [0.5, 0.6) is 11.5 Å². The maximum atomic E-state index is 12.5. The van der Waals surface area contributed by atoms with Crippen LogP contribution in [0.25, 0.3) is 11.1 Å². The van der Waals surface area contributed by atoms with Gasteiger partial charge in [-0.3, -0.25) is 4.98 Å². The fourth-order valence-electron chi connectivity index (χ4n) is 5.26. The molecule has 0 radical (unpaired) electrons. The molecular weight excluding hydrogens is 576 g/mol. The lowest BCUT2D eigenvalue weighted by Gasteiger charge is -2.40. The first-order valence-electron chi connectivity index (χ1n) is 15.0. The van der Waals surface area contributed by atoms with Crippen LogP contribution in [0, 0.1) is 0 Å². The van der Waals surface area contributed by atoms with Crippen LogP contribution in [0.3, 0.4) is 0 Å². The van der Waals surface area contributed by atoms with E-state index in [0.29, 0.717) is 17.7 Å². The molecule has 0 aliphatic carbocycles. The Kier molecular flexibility index (Phi) is 8.52. The van der Waals surface area contributed by atoms with Crippen LogP contribution in [-0.4, -0.2) is 60.4 Å². The van der Waals surface area contributed by atoms with Gasteiger partial charge in [0, 0.05) is 26.2 Å². The molecule has 10 heteroatoms. The number of carboxylic acid groups (broad SMARTS) is 1. The molecule has 0 bridgehead atoms. The van der Waals surface area contributed by atoms with E-state index in [9.17, 15) is 14.7 Å². The molecule has 0 fully saturated rings. The van der Waals surface area contributed by atoms with Crippen molar-refractivity contribution in [3.63, 3.8) is 0 Å². The smallest absolute Gasteiger partial charge is 0.407 e. The highest BCUT2D eigenvalue weighted by Gasteiger charge is 2.40. The fourth-order valence-corrected chi connectivity index (χ4v) is 6.53. The molecule has 2 atom stereocenters. The Hall–Kier alpha value is -3.89. The molecule has 44 heavy (non-hydrogen) atoms. The van der Waals surface area contributed by atoms with E-state index < -0.39 is 32.3 Å². The minimum atomic E-state index is -2.21. The third-order valence-corrected chi connectivity index (χ3v) is 13.2. The maximum Gasteiger partial charge on any atom is 0.407 e.